The summed E-state index contributed by atoms with van der Waals surface area (Å²) in [5, 5.41) is 9.95. The van der Waals surface area contributed by atoms with Crippen LogP contribution < -0.4 is 4.74 Å². The summed E-state index contributed by atoms with van der Waals surface area (Å²) in [6.45, 7) is 2.04. The number of carbonyl (C=O) groups is 2. The molecule has 0 aliphatic rings. The number of benzene rings is 1. The van der Waals surface area contributed by atoms with E-state index in [0.717, 1.165) is 21.4 Å². The third-order valence-electron chi connectivity index (χ3n) is 3.52. The molecular weight excluding hydrogens is 318 g/mol. The van der Waals surface area contributed by atoms with E-state index in [9.17, 15) is 9.59 Å². The zero-order valence-electron chi connectivity index (χ0n) is 13.3. The standard InChI is InChI=1S/C16H19NO5S/c1-10-12-8-11(22-3)4-5-13(12)23-15(10)16(20)17(6-7-21-2)9-14(18)19/h4-5,8H,6-7,9H2,1-3H3,(H,18,19). The average molecular weight is 337 g/mol. The number of carboxylic acid groups (broad SMARTS) is 1. The van der Waals surface area contributed by atoms with Crippen LogP contribution in [0.4, 0.5) is 0 Å². The number of carboxylic acids is 1. The first-order chi connectivity index (χ1) is 11.0. The number of carbonyl (C=O) groups excluding carboxylic acids is 1. The molecule has 0 saturated heterocycles. The summed E-state index contributed by atoms with van der Waals surface area (Å²) >= 11 is 1.36. The first-order valence-electron chi connectivity index (χ1n) is 7.05. The lowest BCUT2D eigenvalue weighted by atomic mass is 10.1. The van der Waals surface area contributed by atoms with Gasteiger partial charge in [-0.1, -0.05) is 0 Å². The highest BCUT2D eigenvalue weighted by Gasteiger charge is 2.23. The van der Waals surface area contributed by atoms with Gasteiger partial charge in [0, 0.05) is 18.4 Å². The first-order valence-corrected chi connectivity index (χ1v) is 7.86. The van der Waals surface area contributed by atoms with Gasteiger partial charge in [0.1, 0.15) is 12.3 Å². The number of aliphatic carboxylic acids is 1. The van der Waals surface area contributed by atoms with Crippen LogP contribution in [0.1, 0.15) is 15.2 Å². The summed E-state index contributed by atoms with van der Waals surface area (Å²) in [5.41, 5.74) is 0.835. The lowest BCUT2D eigenvalue weighted by Crippen LogP contribution is -2.37. The van der Waals surface area contributed by atoms with Crippen molar-refractivity contribution in [3.05, 3.63) is 28.6 Å². The van der Waals surface area contributed by atoms with Crippen molar-refractivity contribution in [1.29, 1.82) is 0 Å². The monoisotopic (exact) mass is 337 g/mol. The fraction of sp³-hybridized carbons (Fsp3) is 0.375. The maximum Gasteiger partial charge on any atom is 0.323 e. The molecule has 6 nitrogen and oxygen atoms in total. The van der Waals surface area contributed by atoms with Gasteiger partial charge in [-0.25, -0.2) is 0 Å². The first kappa shape index (κ1) is 17.2. The molecule has 1 aromatic heterocycles. The molecule has 23 heavy (non-hydrogen) atoms. The number of ether oxygens (including phenoxy) is 2. The molecule has 2 rings (SSSR count). The smallest absolute Gasteiger partial charge is 0.323 e. The predicted octanol–water partition coefficient (Wildman–Crippen LogP) is 2.39. The topological polar surface area (TPSA) is 76.1 Å². The van der Waals surface area contributed by atoms with Crippen molar-refractivity contribution in [2.75, 3.05) is 33.9 Å². The molecule has 7 heteroatoms. The van der Waals surface area contributed by atoms with E-state index in [1.165, 1.54) is 23.3 Å². The Balaban J connectivity index is 2.37. The molecule has 0 atom stereocenters. The maximum absolute atomic E-state index is 12.7. The van der Waals surface area contributed by atoms with E-state index < -0.39 is 5.97 Å². The molecule has 1 heterocycles. The molecule has 1 aromatic carbocycles. The lowest BCUT2D eigenvalue weighted by Gasteiger charge is -2.19. The van der Waals surface area contributed by atoms with Gasteiger partial charge in [0.25, 0.3) is 5.91 Å². The molecule has 1 N–H and O–H groups in total. The summed E-state index contributed by atoms with van der Waals surface area (Å²) < 4.78 is 11.1. The minimum absolute atomic E-state index is 0.235. The van der Waals surface area contributed by atoms with E-state index in [1.54, 1.807) is 7.11 Å². The van der Waals surface area contributed by atoms with E-state index in [-0.39, 0.29) is 25.6 Å². The van der Waals surface area contributed by atoms with Gasteiger partial charge < -0.3 is 19.5 Å². The number of nitrogens with zero attached hydrogens (tertiary/aromatic N) is 1. The molecule has 0 aliphatic heterocycles. The van der Waals surface area contributed by atoms with Gasteiger partial charge in [-0.3, -0.25) is 9.59 Å². The van der Waals surface area contributed by atoms with Crippen molar-refractivity contribution in [3.63, 3.8) is 0 Å². The fourth-order valence-corrected chi connectivity index (χ4v) is 3.45. The van der Waals surface area contributed by atoms with E-state index in [4.69, 9.17) is 14.6 Å². The minimum atomic E-state index is -1.05. The van der Waals surface area contributed by atoms with Crippen molar-refractivity contribution in [3.8, 4) is 5.75 Å². The summed E-state index contributed by atoms with van der Waals surface area (Å²) in [4.78, 5) is 25.6. The molecule has 0 spiro atoms. The SMILES string of the molecule is COCCN(CC(=O)O)C(=O)c1sc2ccc(OC)cc2c1C. The van der Waals surface area contributed by atoms with Crippen molar-refractivity contribution in [1.82, 2.24) is 4.90 Å². The molecule has 2 aromatic rings. The predicted molar refractivity (Wildman–Crippen MR) is 88.5 cm³/mol. The number of hydrogen-bond acceptors (Lipinski definition) is 5. The summed E-state index contributed by atoms with van der Waals surface area (Å²) in [6, 6.07) is 5.63. The lowest BCUT2D eigenvalue weighted by molar-refractivity contribution is -0.137. The highest BCUT2D eigenvalue weighted by molar-refractivity contribution is 7.21. The average Bonchev–Trinajstić information content (AvgIpc) is 2.86. The second-order valence-corrected chi connectivity index (χ2v) is 6.08. The summed E-state index contributed by atoms with van der Waals surface area (Å²) in [5.74, 6) is -0.615. The summed E-state index contributed by atoms with van der Waals surface area (Å²) in [7, 11) is 3.11. The van der Waals surface area contributed by atoms with Gasteiger partial charge in [-0.2, -0.15) is 0 Å². The van der Waals surface area contributed by atoms with Crippen LogP contribution in [0.5, 0.6) is 5.75 Å². The second kappa shape index (κ2) is 7.43. The quantitative estimate of drug-likeness (QED) is 0.839. The van der Waals surface area contributed by atoms with E-state index in [1.807, 2.05) is 25.1 Å². The Hall–Kier alpha value is -2.12. The highest BCUT2D eigenvalue weighted by atomic mass is 32.1. The normalized spacial score (nSPS) is 10.7. The zero-order valence-corrected chi connectivity index (χ0v) is 14.1. The Kier molecular flexibility index (Phi) is 5.57. The van der Waals surface area contributed by atoms with Crippen LogP contribution in [0.2, 0.25) is 0 Å². The van der Waals surface area contributed by atoms with Crippen LogP contribution >= 0.6 is 11.3 Å². The highest BCUT2D eigenvalue weighted by Crippen LogP contribution is 2.34. The van der Waals surface area contributed by atoms with Crippen LogP contribution in [0.15, 0.2) is 18.2 Å². The van der Waals surface area contributed by atoms with Gasteiger partial charge in [0.2, 0.25) is 0 Å². The number of hydrogen-bond donors (Lipinski definition) is 1. The van der Waals surface area contributed by atoms with Crippen molar-refractivity contribution in [2.24, 2.45) is 0 Å². The summed E-state index contributed by atoms with van der Waals surface area (Å²) in [6.07, 6.45) is 0. The van der Waals surface area contributed by atoms with E-state index >= 15 is 0 Å². The van der Waals surface area contributed by atoms with Crippen LogP contribution in [0.25, 0.3) is 10.1 Å². The minimum Gasteiger partial charge on any atom is -0.497 e. The largest absolute Gasteiger partial charge is 0.497 e. The Morgan fingerprint density at radius 2 is 2.04 bits per heavy atom. The number of aryl methyl sites for hydroxylation is 1. The second-order valence-electron chi connectivity index (χ2n) is 5.03. The number of rotatable bonds is 7. The Bertz CT molecular complexity index is 725. The molecule has 0 radical (unpaired) electrons. The van der Waals surface area contributed by atoms with Gasteiger partial charge >= 0.3 is 5.97 Å². The van der Waals surface area contributed by atoms with E-state index in [2.05, 4.69) is 0 Å². The molecular formula is C16H19NO5S. The molecule has 0 saturated carbocycles. The fourth-order valence-electron chi connectivity index (χ4n) is 2.29. The van der Waals surface area contributed by atoms with Crippen LogP contribution in [-0.2, 0) is 9.53 Å². The molecule has 124 valence electrons. The Morgan fingerprint density at radius 3 is 2.65 bits per heavy atom. The van der Waals surface area contributed by atoms with Gasteiger partial charge in [0.05, 0.1) is 18.6 Å². The molecule has 0 bridgehead atoms. The third-order valence-corrected chi connectivity index (χ3v) is 4.78. The molecule has 1 amide bonds. The van der Waals surface area contributed by atoms with Crippen molar-refractivity contribution < 1.29 is 24.2 Å². The van der Waals surface area contributed by atoms with Crippen LogP contribution in [0.3, 0.4) is 0 Å². The van der Waals surface area contributed by atoms with Gasteiger partial charge in [-0.15, -0.1) is 11.3 Å². The number of amides is 1. The zero-order chi connectivity index (χ0) is 17.0. The maximum atomic E-state index is 12.7. The number of fused-ring (bicyclic) bond motifs is 1. The molecule has 0 aliphatic carbocycles. The van der Waals surface area contributed by atoms with Gasteiger partial charge in [0.15, 0.2) is 0 Å². The van der Waals surface area contributed by atoms with Crippen LogP contribution in [0, 0.1) is 6.92 Å². The molecule has 0 unspecified atom stereocenters. The third kappa shape index (κ3) is 3.80. The van der Waals surface area contributed by atoms with Gasteiger partial charge in [-0.05, 0) is 36.1 Å². The van der Waals surface area contributed by atoms with Crippen LogP contribution in [-0.4, -0.2) is 55.8 Å². The molecule has 0 fully saturated rings. The Labute approximate surface area is 138 Å². The van der Waals surface area contributed by atoms with Crippen molar-refractivity contribution in [2.45, 2.75) is 6.92 Å². The Morgan fingerprint density at radius 1 is 1.30 bits per heavy atom. The number of methoxy groups -OCH3 is 2. The van der Waals surface area contributed by atoms with Crippen molar-refractivity contribution >= 4 is 33.3 Å². The number of thiophene rings is 1. The van der Waals surface area contributed by atoms with E-state index in [0.29, 0.717) is 4.88 Å².